The molecule has 1 aromatic carbocycles. The van der Waals surface area contributed by atoms with E-state index in [1.165, 1.54) is 5.56 Å². The molecule has 0 heterocycles. The van der Waals surface area contributed by atoms with Gasteiger partial charge in [-0.05, 0) is 47.0 Å². The lowest BCUT2D eigenvalue weighted by atomic mass is 10.1. The Hall–Kier alpha value is -0.0500. The molecule has 0 aliphatic heterocycles. The van der Waals surface area contributed by atoms with Crippen LogP contribution in [0.25, 0.3) is 0 Å². The lowest BCUT2D eigenvalue weighted by Crippen LogP contribution is -2.17. The number of hydrogen-bond donors (Lipinski definition) is 1. The Labute approximate surface area is 86.0 Å². The lowest BCUT2D eigenvalue weighted by molar-refractivity contribution is 0.738. The van der Waals surface area contributed by atoms with Crippen molar-refractivity contribution in [3.63, 3.8) is 0 Å². The van der Waals surface area contributed by atoms with Gasteiger partial charge in [-0.3, -0.25) is 0 Å². The Balaban J connectivity index is 2.82. The van der Waals surface area contributed by atoms with E-state index in [2.05, 4.69) is 15.9 Å². The van der Waals surface area contributed by atoms with Gasteiger partial charge in [0.15, 0.2) is 0 Å². The molecule has 0 spiro atoms. The zero-order valence-electron chi connectivity index (χ0n) is 6.85. The van der Waals surface area contributed by atoms with E-state index >= 15 is 0 Å². The van der Waals surface area contributed by atoms with Gasteiger partial charge in [0.05, 0.1) is 5.02 Å². The van der Waals surface area contributed by atoms with E-state index in [1.54, 1.807) is 0 Å². The maximum Gasteiger partial charge on any atom is 0.0548 e. The van der Waals surface area contributed by atoms with Crippen molar-refractivity contribution in [2.75, 3.05) is 0 Å². The minimum Gasteiger partial charge on any atom is -0.328 e. The van der Waals surface area contributed by atoms with Crippen LogP contribution in [0.4, 0.5) is 0 Å². The van der Waals surface area contributed by atoms with Crippen LogP contribution in [-0.2, 0) is 6.42 Å². The maximum absolute atomic E-state index is 5.84. The van der Waals surface area contributed by atoms with Gasteiger partial charge in [0.25, 0.3) is 0 Å². The first kappa shape index (κ1) is 10.0. The Kier molecular flexibility index (Phi) is 3.56. The Morgan fingerprint density at radius 2 is 2.25 bits per heavy atom. The van der Waals surface area contributed by atoms with Crippen LogP contribution in [0.2, 0.25) is 5.02 Å². The molecule has 0 fully saturated rings. The fourth-order valence-electron chi connectivity index (χ4n) is 1.04. The summed E-state index contributed by atoms with van der Waals surface area (Å²) in [6.07, 6.45) is 0.885. The van der Waals surface area contributed by atoms with Crippen LogP contribution in [0.1, 0.15) is 12.5 Å². The molecule has 0 aliphatic carbocycles. The summed E-state index contributed by atoms with van der Waals surface area (Å²) in [6.45, 7) is 1.99. The highest BCUT2D eigenvalue weighted by molar-refractivity contribution is 9.10. The monoisotopic (exact) mass is 247 g/mol. The highest BCUT2D eigenvalue weighted by atomic mass is 79.9. The third-order valence-electron chi connectivity index (χ3n) is 1.54. The van der Waals surface area contributed by atoms with Crippen molar-refractivity contribution in [3.05, 3.63) is 33.3 Å². The summed E-state index contributed by atoms with van der Waals surface area (Å²) in [5, 5.41) is 0.739. The van der Waals surface area contributed by atoms with E-state index in [9.17, 15) is 0 Å². The summed E-state index contributed by atoms with van der Waals surface area (Å²) in [7, 11) is 0. The summed E-state index contributed by atoms with van der Waals surface area (Å²) < 4.78 is 0.933. The molecule has 0 saturated carbocycles. The molecule has 0 saturated heterocycles. The molecule has 1 nitrogen and oxygen atoms in total. The second kappa shape index (κ2) is 4.26. The molecule has 66 valence electrons. The molecule has 0 amide bonds. The molecular formula is C9H11BrClN. The smallest absolute Gasteiger partial charge is 0.0548 e. The normalized spacial score (nSPS) is 13.0. The molecule has 3 heteroatoms. The van der Waals surface area contributed by atoms with Gasteiger partial charge in [0.2, 0.25) is 0 Å². The van der Waals surface area contributed by atoms with Crippen molar-refractivity contribution in [2.45, 2.75) is 19.4 Å². The van der Waals surface area contributed by atoms with Crippen LogP contribution in [0.3, 0.4) is 0 Å². The lowest BCUT2D eigenvalue weighted by Gasteiger charge is -2.05. The Morgan fingerprint density at radius 3 is 2.75 bits per heavy atom. The Bertz CT molecular complexity index is 273. The summed E-state index contributed by atoms with van der Waals surface area (Å²) in [4.78, 5) is 0. The average Bonchev–Trinajstić information content (AvgIpc) is 1.96. The van der Waals surface area contributed by atoms with Gasteiger partial charge in [-0.1, -0.05) is 17.7 Å². The fourth-order valence-corrected chi connectivity index (χ4v) is 1.58. The van der Waals surface area contributed by atoms with Crippen LogP contribution in [0.15, 0.2) is 22.7 Å². The van der Waals surface area contributed by atoms with Crippen molar-refractivity contribution in [3.8, 4) is 0 Å². The fraction of sp³-hybridized carbons (Fsp3) is 0.333. The molecule has 0 radical (unpaired) electrons. The van der Waals surface area contributed by atoms with Gasteiger partial charge in [0, 0.05) is 10.5 Å². The minimum atomic E-state index is 0.193. The van der Waals surface area contributed by atoms with Crippen molar-refractivity contribution in [1.82, 2.24) is 0 Å². The molecule has 12 heavy (non-hydrogen) atoms. The molecule has 0 aliphatic rings. The van der Waals surface area contributed by atoms with E-state index < -0.39 is 0 Å². The van der Waals surface area contributed by atoms with Gasteiger partial charge in [-0.2, -0.15) is 0 Å². The molecule has 0 aromatic heterocycles. The van der Waals surface area contributed by atoms with Gasteiger partial charge >= 0.3 is 0 Å². The first-order chi connectivity index (χ1) is 5.59. The van der Waals surface area contributed by atoms with Crippen LogP contribution in [-0.4, -0.2) is 6.04 Å². The number of hydrogen-bond acceptors (Lipinski definition) is 1. The summed E-state index contributed by atoms with van der Waals surface area (Å²) in [5.41, 5.74) is 6.87. The van der Waals surface area contributed by atoms with Gasteiger partial charge in [0.1, 0.15) is 0 Å². The zero-order chi connectivity index (χ0) is 9.14. The molecule has 2 N–H and O–H groups in total. The van der Waals surface area contributed by atoms with Crippen LogP contribution in [0.5, 0.6) is 0 Å². The summed E-state index contributed by atoms with van der Waals surface area (Å²) >= 11 is 9.20. The van der Waals surface area contributed by atoms with Gasteiger partial charge in [-0.15, -0.1) is 0 Å². The number of halogens is 2. The van der Waals surface area contributed by atoms with E-state index in [0.29, 0.717) is 0 Å². The Morgan fingerprint density at radius 1 is 1.58 bits per heavy atom. The third kappa shape index (κ3) is 2.77. The van der Waals surface area contributed by atoms with Gasteiger partial charge in [-0.25, -0.2) is 0 Å². The maximum atomic E-state index is 5.84. The first-order valence-corrected chi connectivity index (χ1v) is 4.96. The predicted octanol–water partition coefficient (Wildman–Crippen LogP) is 2.99. The van der Waals surface area contributed by atoms with Crippen molar-refractivity contribution in [2.24, 2.45) is 5.73 Å². The van der Waals surface area contributed by atoms with Crippen LogP contribution in [0, 0.1) is 0 Å². The SMILES string of the molecule is C[C@@H](N)Cc1ccc(Cl)c(Br)c1. The van der Waals surface area contributed by atoms with Crippen molar-refractivity contribution >= 4 is 27.5 Å². The topological polar surface area (TPSA) is 26.0 Å². The van der Waals surface area contributed by atoms with Crippen molar-refractivity contribution < 1.29 is 0 Å². The number of nitrogens with two attached hydrogens (primary N) is 1. The molecule has 1 atom stereocenters. The molecule has 0 bridgehead atoms. The van der Waals surface area contributed by atoms with Crippen LogP contribution >= 0.6 is 27.5 Å². The molecule has 1 rings (SSSR count). The number of benzene rings is 1. The van der Waals surface area contributed by atoms with E-state index in [4.69, 9.17) is 17.3 Å². The second-order valence-corrected chi connectivity index (χ2v) is 4.19. The molecule has 1 aromatic rings. The van der Waals surface area contributed by atoms with Gasteiger partial charge < -0.3 is 5.73 Å². The van der Waals surface area contributed by atoms with Crippen LogP contribution < -0.4 is 5.73 Å². The number of rotatable bonds is 2. The largest absolute Gasteiger partial charge is 0.328 e. The molecular weight excluding hydrogens is 237 g/mol. The standard InChI is InChI=1S/C9H11BrClN/c1-6(12)4-7-2-3-9(11)8(10)5-7/h2-3,5-6H,4,12H2,1H3/t6-/m1/s1. The highest BCUT2D eigenvalue weighted by Crippen LogP contribution is 2.23. The second-order valence-electron chi connectivity index (χ2n) is 2.93. The third-order valence-corrected chi connectivity index (χ3v) is 2.76. The minimum absolute atomic E-state index is 0.193. The van der Waals surface area contributed by atoms with Crippen molar-refractivity contribution in [1.29, 1.82) is 0 Å². The predicted molar refractivity (Wildman–Crippen MR) is 56.5 cm³/mol. The highest BCUT2D eigenvalue weighted by Gasteiger charge is 2.00. The van der Waals surface area contributed by atoms with E-state index in [0.717, 1.165) is 15.9 Å². The quantitative estimate of drug-likeness (QED) is 0.855. The van der Waals surface area contributed by atoms with E-state index in [-0.39, 0.29) is 6.04 Å². The average molecular weight is 249 g/mol. The summed E-state index contributed by atoms with van der Waals surface area (Å²) in [6, 6.07) is 6.07. The molecule has 0 unspecified atom stereocenters. The first-order valence-electron chi connectivity index (χ1n) is 3.79. The zero-order valence-corrected chi connectivity index (χ0v) is 9.19. The van der Waals surface area contributed by atoms with E-state index in [1.807, 2.05) is 25.1 Å². The summed E-state index contributed by atoms with van der Waals surface area (Å²) in [5.74, 6) is 0.